The van der Waals surface area contributed by atoms with E-state index in [1.54, 1.807) is 24.2 Å². The second kappa shape index (κ2) is 6.19. The Hall–Kier alpha value is -2.34. The highest BCUT2D eigenvalue weighted by molar-refractivity contribution is 7.98. The van der Waals surface area contributed by atoms with Crippen molar-refractivity contribution in [3.05, 3.63) is 59.4 Å². The highest BCUT2D eigenvalue weighted by Gasteiger charge is 2.12. The number of aryl methyl sites for hydroxylation is 2. The largest absolute Gasteiger partial charge is 0.335 e. The van der Waals surface area contributed by atoms with Gasteiger partial charge < -0.3 is 5.84 Å². The first kappa shape index (κ1) is 14.6. The molecule has 22 heavy (non-hydrogen) atoms. The molecule has 0 aliphatic rings. The van der Waals surface area contributed by atoms with Crippen LogP contribution in [0.5, 0.6) is 0 Å². The van der Waals surface area contributed by atoms with E-state index in [0.717, 1.165) is 11.3 Å². The minimum atomic E-state index is 0.644. The predicted octanol–water partition coefficient (Wildman–Crippen LogP) is 2.96. The third-order valence-electron chi connectivity index (χ3n) is 3.54. The van der Waals surface area contributed by atoms with Gasteiger partial charge in [-0.25, -0.2) is 4.68 Å². The lowest BCUT2D eigenvalue weighted by molar-refractivity contribution is 0.849. The summed E-state index contributed by atoms with van der Waals surface area (Å²) in [6, 6.07) is 10.2. The number of hydrogen-bond acceptors (Lipinski definition) is 5. The van der Waals surface area contributed by atoms with E-state index in [4.69, 9.17) is 5.84 Å². The van der Waals surface area contributed by atoms with Crippen LogP contribution in [-0.2, 0) is 5.75 Å². The number of aromatic nitrogens is 4. The fraction of sp³-hybridized carbons (Fsp3) is 0.188. The smallest absolute Gasteiger partial charge is 0.210 e. The lowest BCUT2D eigenvalue weighted by atomic mass is 10.1. The minimum Gasteiger partial charge on any atom is -0.335 e. The van der Waals surface area contributed by atoms with E-state index < -0.39 is 0 Å². The summed E-state index contributed by atoms with van der Waals surface area (Å²) in [5, 5.41) is 9.05. The molecule has 0 saturated heterocycles. The molecular formula is C16H17N5S. The normalized spacial score (nSPS) is 10.8. The average Bonchev–Trinajstić information content (AvgIpc) is 2.90. The van der Waals surface area contributed by atoms with Gasteiger partial charge in [-0.1, -0.05) is 30.0 Å². The van der Waals surface area contributed by atoms with Crippen molar-refractivity contribution in [2.45, 2.75) is 24.8 Å². The number of nitrogen functional groups attached to an aromatic ring is 1. The quantitative estimate of drug-likeness (QED) is 0.592. The lowest BCUT2D eigenvalue weighted by Gasteiger charge is -2.05. The molecule has 0 saturated carbocycles. The summed E-state index contributed by atoms with van der Waals surface area (Å²) in [6.45, 7) is 4.24. The minimum absolute atomic E-state index is 0.644. The van der Waals surface area contributed by atoms with E-state index in [1.165, 1.54) is 21.4 Å². The average molecular weight is 311 g/mol. The van der Waals surface area contributed by atoms with E-state index in [9.17, 15) is 0 Å². The van der Waals surface area contributed by atoms with Crippen LogP contribution in [0.2, 0.25) is 0 Å². The number of pyridine rings is 1. The fourth-order valence-electron chi connectivity index (χ4n) is 2.11. The van der Waals surface area contributed by atoms with Crippen LogP contribution in [0.15, 0.2) is 47.9 Å². The Morgan fingerprint density at radius 1 is 1.05 bits per heavy atom. The summed E-state index contributed by atoms with van der Waals surface area (Å²) in [7, 11) is 0. The first-order chi connectivity index (χ1) is 10.6. The molecule has 2 heterocycles. The zero-order valence-electron chi connectivity index (χ0n) is 12.5. The maximum atomic E-state index is 6.10. The van der Waals surface area contributed by atoms with Gasteiger partial charge in [0.05, 0.1) is 0 Å². The SMILES string of the molecule is Cc1ccc(CSc2nnc(-c3ccncc3)n2N)cc1C. The number of benzene rings is 1. The molecule has 2 N–H and O–H groups in total. The van der Waals surface area contributed by atoms with Gasteiger partial charge in [-0.15, -0.1) is 10.2 Å². The Morgan fingerprint density at radius 2 is 1.82 bits per heavy atom. The summed E-state index contributed by atoms with van der Waals surface area (Å²) in [5.74, 6) is 7.56. The van der Waals surface area contributed by atoms with Crippen LogP contribution in [0.4, 0.5) is 0 Å². The zero-order chi connectivity index (χ0) is 15.5. The first-order valence-corrected chi connectivity index (χ1v) is 7.93. The van der Waals surface area contributed by atoms with Crippen molar-refractivity contribution < 1.29 is 0 Å². The standard InChI is InChI=1S/C16H17N5S/c1-11-3-4-13(9-12(11)2)10-22-16-20-19-15(21(16)17)14-5-7-18-8-6-14/h3-9H,10,17H2,1-2H3. The molecule has 0 spiro atoms. The predicted molar refractivity (Wildman–Crippen MR) is 88.9 cm³/mol. The molecule has 3 aromatic rings. The lowest BCUT2D eigenvalue weighted by Crippen LogP contribution is -2.11. The Balaban J connectivity index is 1.76. The van der Waals surface area contributed by atoms with Crippen LogP contribution in [-0.4, -0.2) is 19.9 Å². The highest BCUT2D eigenvalue weighted by Crippen LogP contribution is 2.24. The summed E-state index contributed by atoms with van der Waals surface area (Å²) in [4.78, 5) is 4.00. The van der Waals surface area contributed by atoms with Gasteiger partial charge in [-0.05, 0) is 42.7 Å². The molecule has 0 atom stereocenters. The van der Waals surface area contributed by atoms with E-state index in [1.807, 2.05) is 12.1 Å². The number of nitrogens with two attached hydrogens (primary N) is 1. The highest BCUT2D eigenvalue weighted by atomic mass is 32.2. The molecule has 0 unspecified atom stereocenters. The Kier molecular flexibility index (Phi) is 4.11. The molecule has 0 fully saturated rings. The maximum Gasteiger partial charge on any atom is 0.210 e. The van der Waals surface area contributed by atoms with Crippen molar-refractivity contribution in [3.63, 3.8) is 0 Å². The molecule has 6 heteroatoms. The summed E-state index contributed by atoms with van der Waals surface area (Å²) < 4.78 is 1.53. The molecule has 0 aliphatic heterocycles. The van der Waals surface area contributed by atoms with Gasteiger partial charge in [0.1, 0.15) is 0 Å². The van der Waals surface area contributed by atoms with Crippen LogP contribution in [0.3, 0.4) is 0 Å². The summed E-state index contributed by atoms with van der Waals surface area (Å²) in [6.07, 6.45) is 3.43. The molecular weight excluding hydrogens is 294 g/mol. The van der Waals surface area contributed by atoms with Crippen molar-refractivity contribution in [1.82, 2.24) is 19.9 Å². The van der Waals surface area contributed by atoms with Crippen LogP contribution < -0.4 is 5.84 Å². The van der Waals surface area contributed by atoms with Crippen LogP contribution in [0, 0.1) is 13.8 Å². The van der Waals surface area contributed by atoms with Crippen LogP contribution in [0.1, 0.15) is 16.7 Å². The van der Waals surface area contributed by atoms with E-state index >= 15 is 0 Å². The molecule has 0 amide bonds. The first-order valence-electron chi connectivity index (χ1n) is 6.95. The molecule has 112 valence electrons. The van der Waals surface area contributed by atoms with Crippen molar-refractivity contribution in [2.24, 2.45) is 0 Å². The molecule has 3 rings (SSSR count). The Labute approximate surface area is 133 Å². The van der Waals surface area contributed by atoms with Crippen molar-refractivity contribution in [2.75, 3.05) is 5.84 Å². The van der Waals surface area contributed by atoms with Gasteiger partial charge in [0.2, 0.25) is 5.16 Å². The van der Waals surface area contributed by atoms with Gasteiger partial charge in [-0.2, -0.15) is 0 Å². The topological polar surface area (TPSA) is 69.6 Å². The second-order valence-corrected chi connectivity index (χ2v) is 6.06. The molecule has 2 aromatic heterocycles. The van der Waals surface area contributed by atoms with Crippen LogP contribution >= 0.6 is 11.8 Å². The molecule has 0 radical (unpaired) electrons. The van der Waals surface area contributed by atoms with Gasteiger partial charge in [0, 0.05) is 23.7 Å². The van der Waals surface area contributed by atoms with Gasteiger partial charge in [0.25, 0.3) is 0 Å². The van der Waals surface area contributed by atoms with Crippen LogP contribution in [0.25, 0.3) is 11.4 Å². The Morgan fingerprint density at radius 3 is 2.55 bits per heavy atom. The molecule has 0 aliphatic carbocycles. The molecule has 5 nitrogen and oxygen atoms in total. The zero-order valence-corrected chi connectivity index (χ0v) is 13.3. The van der Waals surface area contributed by atoms with Crippen molar-refractivity contribution >= 4 is 11.8 Å². The third kappa shape index (κ3) is 2.96. The third-order valence-corrected chi connectivity index (χ3v) is 4.56. The summed E-state index contributed by atoms with van der Waals surface area (Å²) in [5.41, 5.74) is 4.75. The van der Waals surface area contributed by atoms with E-state index in [-0.39, 0.29) is 0 Å². The van der Waals surface area contributed by atoms with Crippen molar-refractivity contribution in [1.29, 1.82) is 0 Å². The number of nitrogens with zero attached hydrogens (tertiary/aromatic N) is 4. The fourth-order valence-corrected chi connectivity index (χ4v) is 2.91. The number of thioether (sulfide) groups is 1. The molecule has 0 bridgehead atoms. The van der Waals surface area contributed by atoms with Crippen molar-refractivity contribution in [3.8, 4) is 11.4 Å². The summed E-state index contributed by atoms with van der Waals surface area (Å²) >= 11 is 1.58. The number of hydrogen-bond donors (Lipinski definition) is 1. The van der Waals surface area contributed by atoms with Gasteiger partial charge >= 0.3 is 0 Å². The maximum absolute atomic E-state index is 6.10. The van der Waals surface area contributed by atoms with Gasteiger partial charge in [-0.3, -0.25) is 4.98 Å². The Bertz CT molecular complexity index is 782. The molecule has 1 aromatic carbocycles. The van der Waals surface area contributed by atoms with E-state index in [2.05, 4.69) is 47.2 Å². The van der Waals surface area contributed by atoms with E-state index in [0.29, 0.717) is 11.0 Å². The second-order valence-electron chi connectivity index (χ2n) is 5.12. The monoisotopic (exact) mass is 311 g/mol. The number of rotatable bonds is 4. The van der Waals surface area contributed by atoms with Gasteiger partial charge in [0.15, 0.2) is 5.82 Å².